The number of carbonyl (C=O) groups is 1. The van der Waals surface area contributed by atoms with Crippen LogP contribution in [-0.4, -0.2) is 28.6 Å². The third-order valence-electron chi connectivity index (χ3n) is 6.56. The van der Waals surface area contributed by atoms with E-state index in [2.05, 4.69) is 55.6 Å². The molecule has 0 heterocycles. The predicted molar refractivity (Wildman–Crippen MR) is 149 cm³/mol. The van der Waals surface area contributed by atoms with Gasteiger partial charge in [-0.3, -0.25) is 25.0 Å². The summed E-state index contributed by atoms with van der Waals surface area (Å²) in [5.41, 5.74) is 4.68. The van der Waals surface area contributed by atoms with Gasteiger partial charge >= 0.3 is 5.69 Å². The summed E-state index contributed by atoms with van der Waals surface area (Å²) in [5.74, 6) is 0.178. The molecule has 1 aliphatic carbocycles. The van der Waals surface area contributed by atoms with Crippen molar-refractivity contribution in [2.24, 2.45) is 11.0 Å². The van der Waals surface area contributed by atoms with Gasteiger partial charge in [-0.05, 0) is 65.6 Å². The maximum atomic E-state index is 12.6. The van der Waals surface area contributed by atoms with Crippen LogP contribution in [0.25, 0.3) is 0 Å². The Hall–Kier alpha value is -4.80. The van der Waals surface area contributed by atoms with Crippen molar-refractivity contribution in [3.63, 3.8) is 0 Å². The molecule has 11 nitrogen and oxygen atoms in total. The number of amides is 1. The molecule has 0 unspecified atom stereocenters. The van der Waals surface area contributed by atoms with Crippen molar-refractivity contribution in [2.75, 3.05) is 6.61 Å². The number of non-ortho nitro benzene ring substituents is 1. The molecule has 3 aromatic rings. The summed E-state index contributed by atoms with van der Waals surface area (Å²) < 4.78 is 11.3. The number of benzene rings is 3. The lowest BCUT2D eigenvalue weighted by molar-refractivity contribution is -0.394. The Morgan fingerprint density at radius 2 is 1.70 bits per heavy atom. The zero-order valence-corrected chi connectivity index (χ0v) is 22.6. The van der Waals surface area contributed by atoms with E-state index in [4.69, 9.17) is 9.47 Å². The molecule has 0 saturated heterocycles. The lowest BCUT2D eigenvalue weighted by Crippen LogP contribution is -2.20. The van der Waals surface area contributed by atoms with Gasteiger partial charge in [-0.15, -0.1) is 0 Å². The van der Waals surface area contributed by atoms with E-state index in [1.54, 1.807) is 19.1 Å². The molecule has 1 N–H and O–H groups in total. The van der Waals surface area contributed by atoms with Crippen molar-refractivity contribution in [3.8, 4) is 17.2 Å². The van der Waals surface area contributed by atoms with Gasteiger partial charge in [-0.25, -0.2) is 5.43 Å². The predicted octanol–water partition coefficient (Wildman–Crippen LogP) is 6.25. The summed E-state index contributed by atoms with van der Waals surface area (Å²) >= 11 is 0. The SMILES string of the molecule is CCOc1cc(/C=N\NC(=O)[C@@H]2C[C@H]2c2ccc(C(C)(C)C)cc2)ccc1Oc1ccc([N+](=O)[O-])cc1[N+](=O)[O-]. The highest BCUT2D eigenvalue weighted by Crippen LogP contribution is 2.47. The fourth-order valence-electron chi connectivity index (χ4n) is 4.26. The Morgan fingerprint density at radius 1 is 1.00 bits per heavy atom. The van der Waals surface area contributed by atoms with E-state index in [1.165, 1.54) is 23.9 Å². The molecular weight excluding hydrogens is 516 g/mol. The maximum Gasteiger partial charge on any atom is 0.318 e. The van der Waals surface area contributed by atoms with E-state index in [0.29, 0.717) is 5.56 Å². The van der Waals surface area contributed by atoms with E-state index in [-0.39, 0.29) is 47.0 Å². The molecule has 0 aliphatic heterocycles. The number of rotatable bonds is 10. The molecule has 0 radical (unpaired) electrons. The monoisotopic (exact) mass is 546 g/mol. The van der Waals surface area contributed by atoms with Crippen LogP contribution in [0.3, 0.4) is 0 Å². The number of nitro benzene ring substituents is 2. The summed E-state index contributed by atoms with van der Waals surface area (Å²) in [4.78, 5) is 33.6. The van der Waals surface area contributed by atoms with Crippen molar-refractivity contribution in [1.29, 1.82) is 0 Å². The molecule has 1 amide bonds. The first-order valence-electron chi connectivity index (χ1n) is 12.8. The molecule has 0 aromatic heterocycles. The molecule has 1 aliphatic rings. The van der Waals surface area contributed by atoms with Crippen molar-refractivity contribution in [1.82, 2.24) is 5.43 Å². The molecule has 40 heavy (non-hydrogen) atoms. The largest absolute Gasteiger partial charge is 0.490 e. The van der Waals surface area contributed by atoms with Gasteiger partial charge in [0.15, 0.2) is 11.5 Å². The van der Waals surface area contributed by atoms with E-state index < -0.39 is 21.2 Å². The molecule has 0 bridgehead atoms. The Kier molecular flexibility index (Phi) is 8.13. The fraction of sp³-hybridized carbons (Fsp3) is 0.310. The van der Waals surface area contributed by atoms with Crippen LogP contribution < -0.4 is 14.9 Å². The van der Waals surface area contributed by atoms with Gasteiger partial charge < -0.3 is 9.47 Å². The number of hydrogen-bond donors (Lipinski definition) is 1. The molecule has 0 spiro atoms. The smallest absolute Gasteiger partial charge is 0.318 e. The van der Waals surface area contributed by atoms with Crippen LogP contribution >= 0.6 is 0 Å². The minimum Gasteiger partial charge on any atom is -0.490 e. The number of nitrogens with zero attached hydrogens (tertiary/aromatic N) is 3. The summed E-state index contributed by atoms with van der Waals surface area (Å²) in [7, 11) is 0. The Labute approximate surface area is 231 Å². The topological polar surface area (TPSA) is 146 Å². The van der Waals surface area contributed by atoms with E-state index in [9.17, 15) is 25.0 Å². The molecule has 3 aromatic carbocycles. The Morgan fingerprint density at radius 3 is 2.33 bits per heavy atom. The normalized spacial score (nSPS) is 16.4. The lowest BCUT2D eigenvalue weighted by Gasteiger charge is -2.19. The minimum atomic E-state index is -0.752. The second-order valence-electron chi connectivity index (χ2n) is 10.5. The number of nitrogens with one attached hydrogen (secondary N) is 1. The van der Waals surface area contributed by atoms with Gasteiger partial charge in [0.25, 0.3) is 5.69 Å². The molecule has 2 atom stereocenters. The zero-order valence-electron chi connectivity index (χ0n) is 22.6. The maximum absolute atomic E-state index is 12.6. The average molecular weight is 547 g/mol. The zero-order chi connectivity index (χ0) is 29.0. The van der Waals surface area contributed by atoms with Crippen LogP contribution in [0, 0.1) is 26.1 Å². The fourth-order valence-corrected chi connectivity index (χ4v) is 4.26. The molecule has 1 fully saturated rings. The lowest BCUT2D eigenvalue weighted by atomic mass is 9.86. The summed E-state index contributed by atoms with van der Waals surface area (Å²) in [6, 6.07) is 16.3. The summed E-state index contributed by atoms with van der Waals surface area (Å²) in [6.07, 6.45) is 2.24. The second-order valence-corrected chi connectivity index (χ2v) is 10.5. The van der Waals surface area contributed by atoms with Crippen LogP contribution in [0.5, 0.6) is 17.2 Å². The van der Waals surface area contributed by atoms with Gasteiger partial charge in [-0.1, -0.05) is 45.0 Å². The average Bonchev–Trinajstić information content (AvgIpc) is 3.71. The molecule has 208 valence electrons. The van der Waals surface area contributed by atoms with Crippen LogP contribution in [0.2, 0.25) is 0 Å². The van der Waals surface area contributed by atoms with Crippen LogP contribution in [0.4, 0.5) is 11.4 Å². The Bertz CT molecular complexity index is 1460. The van der Waals surface area contributed by atoms with E-state index in [0.717, 1.165) is 24.1 Å². The van der Waals surface area contributed by atoms with Crippen LogP contribution in [-0.2, 0) is 10.2 Å². The standard InChI is InChI=1S/C29H30N4O7/c1-5-39-27-14-18(6-12-26(27)40-25-13-11-21(32(35)36)15-24(25)33(37)38)17-30-31-28(34)23-16-22(23)19-7-9-20(10-8-19)29(2,3)4/h6-15,17,22-23H,5,16H2,1-4H3,(H,31,34)/b30-17-/t22-,23+/m0/s1. The Balaban J connectivity index is 1.41. The summed E-state index contributed by atoms with van der Waals surface area (Å²) in [5, 5.41) is 26.5. The number of hydrazone groups is 1. The number of ether oxygens (including phenoxy) is 2. The highest BCUT2D eigenvalue weighted by atomic mass is 16.6. The van der Waals surface area contributed by atoms with Gasteiger partial charge in [0.05, 0.1) is 28.7 Å². The first-order chi connectivity index (χ1) is 19.0. The highest BCUT2D eigenvalue weighted by Gasteiger charge is 2.44. The van der Waals surface area contributed by atoms with Crippen molar-refractivity contribution in [2.45, 2.75) is 45.4 Å². The van der Waals surface area contributed by atoms with E-state index >= 15 is 0 Å². The summed E-state index contributed by atoms with van der Waals surface area (Å²) in [6.45, 7) is 8.54. The van der Waals surface area contributed by atoms with E-state index in [1.807, 2.05) is 0 Å². The van der Waals surface area contributed by atoms with Gasteiger partial charge in [0, 0.05) is 12.0 Å². The van der Waals surface area contributed by atoms with Gasteiger partial charge in [0.2, 0.25) is 11.7 Å². The van der Waals surface area contributed by atoms with Crippen LogP contribution in [0.15, 0.2) is 65.8 Å². The first kappa shape index (κ1) is 28.2. The molecular formula is C29H30N4O7. The third kappa shape index (κ3) is 6.60. The van der Waals surface area contributed by atoms with Crippen molar-refractivity contribution in [3.05, 3.63) is 97.6 Å². The van der Waals surface area contributed by atoms with Crippen LogP contribution in [0.1, 0.15) is 56.7 Å². The number of hydrogen-bond acceptors (Lipinski definition) is 8. The highest BCUT2D eigenvalue weighted by molar-refractivity contribution is 5.86. The van der Waals surface area contributed by atoms with Crippen molar-refractivity contribution >= 4 is 23.5 Å². The van der Waals surface area contributed by atoms with Crippen molar-refractivity contribution < 1.29 is 24.1 Å². The molecule has 11 heteroatoms. The number of carbonyl (C=O) groups excluding carboxylic acids is 1. The quantitative estimate of drug-likeness (QED) is 0.180. The number of nitro groups is 2. The van der Waals surface area contributed by atoms with Gasteiger partial charge in [0.1, 0.15) is 0 Å². The minimum absolute atomic E-state index is 0.0720. The molecule has 1 saturated carbocycles. The first-order valence-corrected chi connectivity index (χ1v) is 12.8. The van der Waals surface area contributed by atoms with Gasteiger partial charge in [-0.2, -0.15) is 5.10 Å². The molecule has 4 rings (SSSR count). The third-order valence-corrected chi connectivity index (χ3v) is 6.56. The second kappa shape index (κ2) is 11.5.